The van der Waals surface area contributed by atoms with Gasteiger partial charge in [-0.1, -0.05) is 5.16 Å². The Balaban J connectivity index is 4.59. The summed E-state index contributed by atoms with van der Waals surface area (Å²) in [6.45, 7) is 0. The fourth-order valence-electron chi connectivity index (χ4n) is 0.598. The van der Waals surface area contributed by atoms with Crippen molar-refractivity contribution in [2.24, 2.45) is 5.16 Å². The van der Waals surface area contributed by atoms with Crippen molar-refractivity contribution in [2.75, 3.05) is 21.3 Å². The van der Waals surface area contributed by atoms with Crippen LogP contribution in [0.2, 0.25) is 0 Å². The zero-order chi connectivity index (χ0) is 12.6. The minimum Gasteiger partial charge on any atom is -0.469 e. The molecule has 0 aliphatic rings. The SMILES string of the molecule is COC(=O)C/C(=N/OC(=O)OC)C(=O)OC. The lowest BCUT2D eigenvalue weighted by atomic mass is 10.3. The molecule has 0 saturated heterocycles. The van der Waals surface area contributed by atoms with E-state index >= 15 is 0 Å². The van der Waals surface area contributed by atoms with Crippen LogP contribution in [-0.4, -0.2) is 45.1 Å². The van der Waals surface area contributed by atoms with E-state index in [0.29, 0.717) is 0 Å². The molecule has 0 bridgehead atoms. The average molecular weight is 233 g/mol. The van der Waals surface area contributed by atoms with Gasteiger partial charge in [0.25, 0.3) is 0 Å². The lowest BCUT2D eigenvalue weighted by Crippen LogP contribution is -2.21. The number of rotatable bonds is 4. The van der Waals surface area contributed by atoms with Crippen LogP contribution in [0.5, 0.6) is 0 Å². The van der Waals surface area contributed by atoms with Gasteiger partial charge in [-0.05, 0) is 0 Å². The normalized spacial score (nSPS) is 10.3. The van der Waals surface area contributed by atoms with Crippen LogP contribution in [0.1, 0.15) is 6.42 Å². The van der Waals surface area contributed by atoms with Gasteiger partial charge in [-0.3, -0.25) is 9.63 Å². The first-order valence-electron chi connectivity index (χ1n) is 4.02. The van der Waals surface area contributed by atoms with Crippen LogP contribution < -0.4 is 0 Å². The highest BCUT2D eigenvalue weighted by Gasteiger charge is 2.18. The summed E-state index contributed by atoms with van der Waals surface area (Å²) >= 11 is 0. The Morgan fingerprint density at radius 1 is 1.00 bits per heavy atom. The van der Waals surface area contributed by atoms with Crippen molar-refractivity contribution in [1.82, 2.24) is 0 Å². The van der Waals surface area contributed by atoms with Crippen molar-refractivity contribution >= 4 is 23.8 Å². The Bertz CT molecular complexity index is 310. The number of nitrogens with zero attached hydrogens (tertiary/aromatic N) is 1. The largest absolute Gasteiger partial charge is 0.534 e. The second kappa shape index (κ2) is 7.21. The molecule has 0 aliphatic carbocycles. The molecule has 0 N–H and O–H groups in total. The lowest BCUT2D eigenvalue weighted by molar-refractivity contribution is -0.140. The van der Waals surface area contributed by atoms with Gasteiger partial charge in [0.1, 0.15) is 0 Å². The third kappa shape index (κ3) is 4.94. The van der Waals surface area contributed by atoms with Gasteiger partial charge in [0, 0.05) is 0 Å². The first-order chi connectivity index (χ1) is 7.54. The van der Waals surface area contributed by atoms with Gasteiger partial charge in [0.2, 0.25) is 0 Å². The second-order valence-corrected chi connectivity index (χ2v) is 2.33. The molecule has 0 aromatic heterocycles. The molecule has 0 aromatic carbocycles. The van der Waals surface area contributed by atoms with Gasteiger partial charge >= 0.3 is 18.1 Å². The second-order valence-electron chi connectivity index (χ2n) is 2.33. The summed E-state index contributed by atoms with van der Waals surface area (Å²) in [6.07, 6.45) is -1.59. The molecule has 8 heteroatoms. The fourth-order valence-corrected chi connectivity index (χ4v) is 0.598. The molecule has 8 nitrogen and oxygen atoms in total. The van der Waals surface area contributed by atoms with Crippen LogP contribution in [0.15, 0.2) is 5.16 Å². The van der Waals surface area contributed by atoms with Crippen LogP contribution in [0.3, 0.4) is 0 Å². The van der Waals surface area contributed by atoms with E-state index in [9.17, 15) is 14.4 Å². The van der Waals surface area contributed by atoms with E-state index in [4.69, 9.17) is 0 Å². The summed E-state index contributed by atoms with van der Waals surface area (Å²) in [6, 6.07) is 0. The zero-order valence-corrected chi connectivity index (χ0v) is 9.01. The molecule has 0 aromatic rings. The monoisotopic (exact) mass is 233 g/mol. The minimum absolute atomic E-state index is 0.403. The van der Waals surface area contributed by atoms with Crippen LogP contribution >= 0.6 is 0 Å². The average Bonchev–Trinajstić information content (AvgIpc) is 2.32. The molecule has 0 saturated carbocycles. The number of carbonyl (C=O) groups is 3. The molecule has 0 unspecified atom stereocenters. The first kappa shape index (κ1) is 13.9. The molecule has 0 spiro atoms. The number of hydrogen-bond acceptors (Lipinski definition) is 8. The minimum atomic E-state index is -1.12. The maximum atomic E-state index is 11.1. The Morgan fingerprint density at radius 3 is 2.06 bits per heavy atom. The molecule has 0 atom stereocenters. The van der Waals surface area contributed by atoms with E-state index in [2.05, 4.69) is 24.2 Å². The van der Waals surface area contributed by atoms with E-state index in [1.807, 2.05) is 0 Å². The van der Waals surface area contributed by atoms with Crippen molar-refractivity contribution in [3.05, 3.63) is 0 Å². The van der Waals surface area contributed by atoms with Crippen molar-refractivity contribution in [3.63, 3.8) is 0 Å². The number of esters is 2. The molecule has 0 fully saturated rings. The third-order valence-electron chi connectivity index (χ3n) is 1.36. The number of carbonyl (C=O) groups excluding carboxylic acids is 3. The van der Waals surface area contributed by atoms with Gasteiger partial charge in [0.05, 0.1) is 27.8 Å². The number of oxime groups is 1. The summed E-state index contributed by atoms with van der Waals surface area (Å²) in [5.74, 6) is -1.63. The molecule has 0 amide bonds. The Hall–Kier alpha value is -2.12. The summed E-state index contributed by atoms with van der Waals surface area (Å²) in [5, 5.41) is 3.12. The van der Waals surface area contributed by atoms with Gasteiger partial charge in [-0.2, -0.15) is 0 Å². The van der Waals surface area contributed by atoms with E-state index < -0.39 is 30.2 Å². The van der Waals surface area contributed by atoms with Crippen molar-refractivity contribution < 1.29 is 33.4 Å². The lowest BCUT2D eigenvalue weighted by Gasteiger charge is -2.02. The quantitative estimate of drug-likeness (QED) is 0.219. The number of hydrogen-bond donors (Lipinski definition) is 0. The fraction of sp³-hybridized carbons (Fsp3) is 0.500. The topological polar surface area (TPSA) is 100 Å². The number of ether oxygens (including phenoxy) is 3. The summed E-state index contributed by atoms with van der Waals surface area (Å²) < 4.78 is 12.7. The molecular formula is C8H11NO7. The maximum absolute atomic E-state index is 11.1. The molecule has 90 valence electrons. The third-order valence-corrected chi connectivity index (χ3v) is 1.36. The smallest absolute Gasteiger partial charge is 0.469 e. The van der Waals surface area contributed by atoms with Gasteiger partial charge < -0.3 is 14.2 Å². The highest BCUT2D eigenvalue weighted by molar-refractivity contribution is 6.39. The van der Waals surface area contributed by atoms with E-state index in [-0.39, 0.29) is 0 Å². The summed E-state index contributed by atoms with van der Waals surface area (Å²) in [7, 11) is 3.29. The van der Waals surface area contributed by atoms with Crippen LogP contribution in [-0.2, 0) is 28.6 Å². The van der Waals surface area contributed by atoms with Crippen molar-refractivity contribution in [2.45, 2.75) is 6.42 Å². The van der Waals surface area contributed by atoms with Crippen LogP contribution in [0.4, 0.5) is 4.79 Å². The molecule has 16 heavy (non-hydrogen) atoms. The van der Waals surface area contributed by atoms with Crippen molar-refractivity contribution in [3.8, 4) is 0 Å². The molecule has 0 aliphatic heterocycles. The Kier molecular flexibility index (Phi) is 6.25. The van der Waals surface area contributed by atoms with Gasteiger partial charge in [-0.15, -0.1) is 0 Å². The molecule has 0 radical (unpaired) electrons. The molecular weight excluding hydrogens is 222 g/mol. The highest BCUT2D eigenvalue weighted by Crippen LogP contribution is 1.96. The van der Waals surface area contributed by atoms with Crippen LogP contribution in [0, 0.1) is 0 Å². The van der Waals surface area contributed by atoms with Gasteiger partial charge in [0.15, 0.2) is 5.71 Å². The first-order valence-corrected chi connectivity index (χ1v) is 4.02. The predicted molar refractivity (Wildman–Crippen MR) is 49.6 cm³/mol. The summed E-state index contributed by atoms with van der Waals surface area (Å²) in [5.41, 5.74) is -0.403. The van der Waals surface area contributed by atoms with E-state index in [0.717, 1.165) is 21.3 Å². The van der Waals surface area contributed by atoms with Crippen molar-refractivity contribution in [1.29, 1.82) is 0 Å². The highest BCUT2D eigenvalue weighted by atomic mass is 16.8. The maximum Gasteiger partial charge on any atom is 0.534 e. The Morgan fingerprint density at radius 2 is 1.62 bits per heavy atom. The summed E-state index contributed by atoms with van der Waals surface area (Å²) in [4.78, 5) is 36.6. The molecule has 0 rings (SSSR count). The zero-order valence-electron chi connectivity index (χ0n) is 9.01. The van der Waals surface area contributed by atoms with E-state index in [1.54, 1.807) is 0 Å². The molecule has 0 heterocycles. The predicted octanol–water partition coefficient (Wildman–Crippen LogP) is -0.139. The van der Waals surface area contributed by atoms with Gasteiger partial charge in [-0.25, -0.2) is 9.59 Å². The van der Waals surface area contributed by atoms with E-state index in [1.165, 1.54) is 0 Å². The van der Waals surface area contributed by atoms with Crippen LogP contribution in [0.25, 0.3) is 0 Å². The Labute approximate surface area is 91.1 Å². The standard InChI is InChI=1S/C8H11NO7/c1-13-6(10)4-5(7(11)14-2)9-16-8(12)15-3/h4H2,1-3H3/b9-5-. The number of methoxy groups -OCH3 is 3.